The lowest BCUT2D eigenvalue weighted by molar-refractivity contribution is -0.141. The van der Waals surface area contributed by atoms with Crippen LogP contribution in [0.1, 0.15) is 53.9 Å². The van der Waals surface area contributed by atoms with Gasteiger partial charge in [0, 0.05) is 30.7 Å². The molecule has 0 spiro atoms. The molecule has 0 unspecified atom stereocenters. The van der Waals surface area contributed by atoms with Gasteiger partial charge < -0.3 is 35.4 Å². The number of aliphatic hydroxyl groups is 3. The van der Waals surface area contributed by atoms with Gasteiger partial charge in [-0.05, 0) is 24.7 Å². The summed E-state index contributed by atoms with van der Waals surface area (Å²) in [4.78, 5) is 46.9. The van der Waals surface area contributed by atoms with Gasteiger partial charge in [-0.25, -0.2) is 9.59 Å². The molecule has 2 amide bonds. The summed E-state index contributed by atoms with van der Waals surface area (Å²) in [6.07, 6.45) is 0.602. The summed E-state index contributed by atoms with van der Waals surface area (Å²) in [7, 11) is 0. The van der Waals surface area contributed by atoms with Crippen molar-refractivity contribution in [2.24, 2.45) is 10.8 Å². The van der Waals surface area contributed by atoms with Crippen molar-refractivity contribution >= 4 is 23.8 Å². The molecule has 5 N–H and O–H groups in total. The van der Waals surface area contributed by atoms with Gasteiger partial charge in [-0.15, -0.1) is 0 Å². The minimum atomic E-state index is -1.37. The van der Waals surface area contributed by atoms with Crippen LogP contribution in [0, 0.1) is 10.8 Å². The van der Waals surface area contributed by atoms with E-state index < -0.39 is 46.8 Å². The molecule has 11 nitrogen and oxygen atoms in total. The lowest BCUT2D eigenvalue weighted by Gasteiger charge is -2.28. The minimum absolute atomic E-state index is 0.0155. The molecule has 34 heavy (non-hydrogen) atoms. The predicted octanol–water partition coefficient (Wildman–Crippen LogP) is -0.182. The number of amides is 2. The summed E-state index contributed by atoms with van der Waals surface area (Å²) in [6.45, 7) is 8.59. The van der Waals surface area contributed by atoms with Gasteiger partial charge in [-0.1, -0.05) is 34.6 Å². The van der Waals surface area contributed by atoms with Crippen molar-refractivity contribution < 1.29 is 44.0 Å². The maximum absolute atomic E-state index is 11.9. The maximum Gasteiger partial charge on any atom is 0.331 e. The van der Waals surface area contributed by atoms with E-state index in [1.165, 1.54) is 0 Å². The van der Waals surface area contributed by atoms with Gasteiger partial charge in [0.15, 0.2) is 0 Å². The van der Waals surface area contributed by atoms with Crippen LogP contribution in [0.15, 0.2) is 12.2 Å². The Kier molecular flexibility index (Phi) is 14.3. The van der Waals surface area contributed by atoms with Crippen molar-refractivity contribution in [1.82, 2.24) is 10.6 Å². The molecule has 0 saturated carbocycles. The lowest BCUT2D eigenvalue weighted by Crippen LogP contribution is -2.45. The number of nitrogens with one attached hydrogen (secondary N) is 2. The first-order valence-corrected chi connectivity index (χ1v) is 11.3. The number of carbonyl (C=O) groups excluding carboxylic acids is 4. The van der Waals surface area contributed by atoms with Crippen LogP contribution in [0.25, 0.3) is 0 Å². The molecule has 0 aromatic heterocycles. The van der Waals surface area contributed by atoms with E-state index in [4.69, 9.17) is 14.6 Å². The number of carbonyl (C=O) groups is 4. The van der Waals surface area contributed by atoms with E-state index in [1.54, 1.807) is 27.7 Å². The molecule has 0 bridgehead atoms. The zero-order valence-corrected chi connectivity index (χ0v) is 20.8. The average Bonchev–Trinajstić information content (AvgIpc) is 2.80. The van der Waals surface area contributed by atoms with Crippen molar-refractivity contribution in [3.8, 4) is 0 Å². The first kappa shape index (κ1) is 31.5. The molecule has 0 saturated heterocycles. The SMILES string of the molecule is CCC(C)(C)[C@H](O)C(=O)NCCCOC(=O)/C=C/C(=O)OCCCNC(=O)[C@@H](O)C(C)(C)CO. The van der Waals surface area contributed by atoms with Crippen LogP contribution in [-0.4, -0.2) is 84.2 Å². The van der Waals surface area contributed by atoms with Crippen LogP contribution in [-0.2, 0) is 28.7 Å². The standard InChI is InChI=1S/C23H40N2O9/c1-6-22(2,3)18(29)20(31)24-11-7-13-33-16(27)9-10-17(28)34-14-8-12-25-21(32)19(30)23(4,5)15-26/h9-10,18-19,26,29-30H,6-8,11-15H2,1-5H3,(H,24,31)(H,25,32)/b10-9+/t18-,19-/m1/s1. The van der Waals surface area contributed by atoms with E-state index in [0.29, 0.717) is 12.8 Å². The van der Waals surface area contributed by atoms with Gasteiger partial charge in [0.25, 0.3) is 0 Å². The van der Waals surface area contributed by atoms with Gasteiger partial charge >= 0.3 is 11.9 Å². The van der Waals surface area contributed by atoms with E-state index in [2.05, 4.69) is 10.6 Å². The number of rotatable bonds is 16. The van der Waals surface area contributed by atoms with Crippen LogP contribution < -0.4 is 10.6 Å². The van der Waals surface area contributed by atoms with Gasteiger partial charge in [-0.3, -0.25) is 9.59 Å². The highest BCUT2D eigenvalue weighted by molar-refractivity contribution is 5.91. The lowest BCUT2D eigenvalue weighted by atomic mass is 9.83. The fourth-order valence-corrected chi connectivity index (χ4v) is 2.33. The van der Waals surface area contributed by atoms with E-state index in [1.807, 2.05) is 6.92 Å². The van der Waals surface area contributed by atoms with Gasteiger partial charge in [0.05, 0.1) is 19.8 Å². The van der Waals surface area contributed by atoms with Gasteiger partial charge in [-0.2, -0.15) is 0 Å². The van der Waals surface area contributed by atoms with Crippen LogP contribution >= 0.6 is 0 Å². The van der Waals surface area contributed by atoms with Crippen LogP contribution in [0.3, 0.4) is 0 Å². The van der Waals surface area contributed by atoms with E-state index >= 15 is 0 Å². The fourth-order valence-electron chi connectivity index (χ4n) is 2.33. The Morgan fingerprint density at radius 3 is 1.53 bits per heavy atom. The minimum Gasteiger partial charge on any atom is -0.462 e. The van der Waals surface area contributed by atoms with Crippen molar-refractivity contribution in [2.45, 2.75) is 66.1 Å². The fraction of sp³-hybridized carbons (Fsp3) is 0.739. The quantitative estimate of drug-likeness (QED) is 0.112. The second kappa shape index (κ2) is 15.4. The second-order valence-electron chi connectivity index (χ2n) is 9.25. The highest BCUT2D eigenvalue weighted by Crippen LogP contribution is 2.24. The molecule has 0 heterocycles. The van der Waals surface area contributed by atoms with Crippen molar-refractivity contribution in [2.75, 3.05) is 32.9 Å². The number of hydrogen-bond donors (Lipinski definition) is 5. The molecule has 11 heteroatoms. The molecule has 0 aliphatic carbocycles. The summed E-state index contributed by atoms with van der Waals surface area (Å²) in [5.74, 6) is -2.62. The Hall–Kier alpha value is -2.50. The third-order valence-corrected chi connectivity index (χ3v) is 5.38. The molecular weight excluding hydrogens is 448 g/mol. The molecule has 0 rings (SSSR count). The van der Waals surface area contributed by atoms with Crippen LogP contribution in [0.5, 0.6) is 0 Å². The molecule has 2 atom stereocenters. The van der Waals surface area contributed by atoms with E-state index in [9.17, 15) is 29.4 Å². The molecule has 0 radical (unpaired) electrons. The Morgan fingerprint density at radius 1 is 0.794 bits per heavy atom. The maximum atomic E-state index is 11.9. The molecule has 0 aromatic rings. The first-order chi connectivity index (χ1) is 15.8. The zero-order chi connectivity index (χ0) is 26.4. The Morgan fingerprint density at radius 2 is 1.18 bits per heavy atom. The van der Waals surface area contributed by atoms with Gasteiger partial charge in [0.1, 0.15) is 12.2 Å². The summed E-state index contributed by atoms with van der Waals surface area (Å²) in [5, 5.41) is 34.1. The summed E-state index contributed by atoms with van der Waals surface area (Å²) < 4.78 is 9.81. The van der Waals surface area contributed by atoms with Crippen molar-refractivity contribution in [3.63, 3.8) is 0 Å². The smallest absolute Gasteiger partial charge is 0.331 e. The third kappa shape index (κ3) is 12.1. The molecule has 0 aromatic carbocycles. The average molecular weight is 489 g/mol. The monoisotopic (exact) mass is 488 g/mol. The van der Waals surface area contributed by atoms with Crippen molar-refractivity contribution in [1.29, 1.82) is 0 Å². The second-order valence-corrected chi connectivity index (χ2v) is 9.25. The van der Waals surface area contributed by atoms with Crippen molar-refractivity contribution in [3.05, 3.63) is 12.2 Å². The molecule has 0 fully saturated rings. The Balaban J connectivity index is 3.99. The Bertz CT molecular complexity index is 647. The molecular formula is C23H40N2O9. The number of esters is 2. The normalized spacial score (nSPS) is 13.8. The number of aliphatic hydroxyl groups excluding tert-OH is 3. The molecule has 0 aliphatic rings. The highest BCUT2D eigenvalue weighted by atomic mass is 16.5. The van der Waals surface area contributed by atoms with Crippen LogP contribution in [0.4, 0.5) is 0 Å². The highest BCUT2D eigenvalue weighted by Gasteiger charge is 2.33. The summed E-state index contributed by atoms with van der Waals surface area (Å²) in [6, 6.07) is 0. The molecule has 0 aliphatic heterocycles. The van der Waals surface area contributed by atoms with Gasteiger partial charge in [0.2, 0.25) is 11.8 Å². The molecule has 196 valence electrons. The summed E-state index contributed by atoms with van der Waals surface area (Å²) in [5.41, 5.74) is -1.51. The van der Waals surface area contributed by atoms with E-state index in [0.717, 1.165) is 12.2 Å². The predicted molar refractivity (Wildman–Crippen MR) is 123 cm³/mol. The largest absolute Gasteiger partial charge is 0.462 e. The summed E-state index contributed by atoms with van der Waals surface area (Å²) >= 11 is 0. The third-order valence-electron chi connectivity index (χ3n) is 5.38. The topological polar surface area (TPSA) is 171 Å². The van der Waals surface area contributed by atoms with Crippen LogP contribution in [0.2, 0.25) is 0 Å². The van der Waals surface area contributed by atoms with E-state index in [-0.39, 0.29) is 39.3 Å². The number of hydrogen-bond acceptors (Lipinski definition) is 9. The number of ether oxygens (including phenoxy) is 2. The first-order valence-electron chi connectivity index (χ1n) is 11.3. The zero-order valence-electron chi connectivity index (χ0n) is 20.8. The Labute approximate surface area is 200 Å².